The van der Waals surface area contributed by atoms with Crippen LogP contribution in [0.25, 0.3) is 0 Å². The Morgan fingerprint density at radius 3 is 1.91 bits per heavy atom. The van der Waals surface area contributed by atoms with Crippen molar-refractivity contribution in [3.05, 3.63) is 30.3 Å². The van der Waals surface area contributed by atoms with E-state index >= 15 is 0 Å². The third-order valence-corrected chi connectivity index (χ3v) is 0.800. The molecule has 1 aromatic carbocycles. The minimum atomic E-state index is -0.361. The molecule has 0 bridgehead atoms. The number of nitrogen functional groups attached to an aromatic ring is 1. The zero-order valence-electron chi connectivity index (χ0n) is 6.25. The van der Waals surface area contributed by atoms with Crippen molar-refractivity contribution in [2.24, 2.45) is 0 Å². The molecule has 2 N–H and O–H groups in total. The van der Waals surface area contributed by atoms with Gasteiger partial charge in [0.2, 0.25) is 5.24 Å². The van der Waals surface area contributed by atoms with Crippen LogP contribution in [0.1, 0.15) is 6.92 Å². The van der Waals surface area contributed by atoms with Crippen molar-refractivity contribution in [1.29, 1.82) is 0 Å². The maximum absolute atomic E-state index is 9.21. The molecular formula is C8H10ClNO. The Kier molecular flexibility index (Phi) is 5.21. The summed E-state index contributed by atoms with van der Waals surface area (Å²) in [4.78, 5) is 9.21. The van der Waals surface area contributed by atoms with Gasteiger partial charge in [0.15, 0.2) is 0 Å². The number of hydrogen-bond donors (Lipinski definition) is 1. The van der Waals surface area contributed by atoms with Gasteiger partial charge >= 0.3 is 0 Å². The van der Waals surface area contributed by atoms with Crippen LogP contribution in [0.2, 0.25) is 0 Å². The highest BCUT2D eigenvalue weighted by Crippen LogP contribution is 1.95. The zero-order valence-corrected chi connectivity index (χ0v) is 7.01. The van der Waals surface area contributed by atoms with Gasteiger partial charge in [0.1, 0.15) is 0 Å². The molecular weight excluding hydrogens is 162 g/mol. The Morgan fingerprint density at radius 2 is 1.73 bits per heavy atom. The molecule has 0 saturated heterocycles. The fraction of sp³-hybridized carbons (Fsp3) is 0.125. The number of carbonyl (C=O) groups is 1. The number of anilines is 1. The fourth-order valence-electron chi connectivity index (χ4n) is 0.453. The maximum Gasteiger partial charge on any atom is 0.218 e. The van der Waals surface area contributed by atoms with Gasteiger partial charge in [0.05, 0.1) is 0 Å². The molecule has 0 radical (unpaired) electrons. The highest BCUT2D eigenvalue weighted by Gasteiger charge is 1.72. The topological polar surface area (TPSA) is 43.1 Å². The lowest BCUT2D eigenvalue weighted by atomic mass is 10.3. The van der Waals surface area contributed by atoms with Crippen LogP contribution in [-0.2, 0) is 4.79 Å². The van der Waals surface area contributed by atoms with Crippen LogP contribution in [0.4, 0.5) is 5.69 Å². The smallest absolute Gasteiger partial charge is 0.218 e. The Bertz CT molecular complexity index is 207. The number of halogens is 1. The van der Waals surface area contributed by atoms with Gasteiger partial charge in [0, 0.05) is 12.6 Å². The lowest BCUT2D eigenvalue weighted by Gasteiger charge is -1.83. The predicted octanol–water partition coefficient (Wildman–Crippen LogP) is 2.04. The molecule has 0 amide bonds. The summed E-state index contributed by atoms with van der Waals surface area (Å²) >= 11 is 4.64. The largest absolute Gasteiger partial charge is 0.399 e. The monoisotopic (exact) mass is 171 g/mol. The van der Waals surface area contributed by atoms with Crippen molar-refractivity contribution < 1.29 is 4.79 Å². The second kappa shape index (κ2) is 5.74. The Labute approximate surface area is 71.0 Å². The van der Waals surface area contributed by atoms with E-state index in [0.29, 0.717) is 0 Å². The standard InChI is InChI=1S/C6H7N.C2H3ClO/c7-6-4-2-1-3-5-6;1-2(3)4/h1-5H,7H2;1H3. The Balaban J connectivity index is 0.000000218. The SMILES string of the molecule is CC(=O)Cl.Nc1ccccc1. The van der Waals surface area contributed by atoms with E-state index in [1.807, 2.05) is 30.3 Å². The molecule has 0 aliphatic carbocycles. The van der Waals surface area contributed by atoms with Crippen LogP contribution in [0, 0.1) is 0 Å². The van der Waals surface area contributed by atoms with Crippen LogP contribution in [-0.4, -0.2) is 5.24 Å². The molecule has 60 valence electrons. The lowest BCUT2D eigenvalue weighted by Crippen LogP contribution is -1.79. The zero-order chi connectivity index (χ0) is 8.69. The molecule has 0 fully saturated rings. The average molecular weight is 172 g/mol. The van der Waals surface area contributed by atoms with Gasteiger partial charge < -0.3 is 5.73 Å². The van der Waals surface area contributed by atoms with E-state index in [1.54, 1.807) is 0 Å². The van der Waals surface area contributed by atoms with Gasteiger partial charge in [-0.15, -0.1) is 0 Å². The minimum absolute atomic E-state index is 0.361. The molecule has 0 saturated carbocycles. The summed E-state index contributed by atoms with van der Waals surface area (Å²) in [6, 6.07) is 9.49. The third kappa shape index (κ3) is 8.98. The normalized spacial score (nSPS) is 7.82. The summed E-state index contributed by atoms with van der Waals surface area (Å²) in [6.07, 6.45) is 0. The van der Waals surface area contributed by atoms with E-state index in [-0.39, 0.29) is 5.24 Å². The summed E-state index contributed by atoms with van der Waals surface area (Å²) in [5.41, 5.74) is 6.18. The molecule has 1 rings (SSSR count). The van der Waals surface area contributed by atoms with Gasteiger partial charge in [-0.2, -0.15) is 0 Å². The molecule has 2 nitrogen and oxygen atoms in total. The molecule has 0 aliphatic heterocycles. The van der Waals surface area contributed by atoms with Crippen molar-refractivity contribution in [1.82, 2.24) is 0 Å². The van der Waals surface area contributed by atoms with Crippen molar-refractivity contribution in [2.45, 2.75) is 6.92 Å². The summed E-state index contributed by atoms with van der Waals surface area (Å²) in [7, 11) is 0. The fourth-order valence-corrected chi connectivity index (χ4v) is 0.453. The summed E-state index contributed by atoms with van der Waals surface area (Å²) < 4.78 is 0. The van der Waals surface area contributed by atoms with Crippen LogP contribution >= 0.6 is 11.6 Å². The molecule has 0 spiro atoms. The van der Waals surface area contributed by atoms with Gasteiger partial charge in [-0.1, -0.05) is 18.2 Å². The first kappa shape index (κ1) is 9.98. The lowest BCUT2D eigenvalue weighted by molar-refractivity contribution is -0.109. The average Bonchev–Trinajstić information content (AvgIpc) is 1.87. The van der Waals surface area contributed by atoms with Crippen LogP contribution < -0.4 is 5.73 Å². The Morgan fingerprint density at radius 1 is 1.36 bits per heavy atom. The second-order valence-corrected chi connectivity index (χ2v) is 2.41. The highest BCUT2D eigenvalue weighted by atomic mass is 35.5. The van der Waals surface area contributed by atoms with E-state index < -0.39 is 0 Å². The first-order chi connectivity index (χ1) is 5.13. The van der Waals surface area contributed by atoms with E-state index in [0.717, 1.165) is 5.69 Å². The predicted molar refractivity (Wildman–Crippen MR) is 47.4 cm³/mol. The number of benzene rings is 1. The van der Waals surface area contributed by atoms with Crippen LogP contribution in [0.5, 0.6) is 0 Å². The Hall–Kier alpha value is -1.02. The quantitative estimate of drug-likeness (QED) is 0.480. The summed E-state index contributed by atoms with van der Waals surface area (Å²) in [5.74, 6) is 0. The number of carbonyl (C=O) groups excluding carboxylic acids is 1. The van der Waals surface area contributed by atoms with Crippen molar-refractivity contribution >= 4 is 22.5 Å². The van der Waals surface area contributed by atoms with Crippen LogP contribution in [0.3, 0.4) is 0 Å². The first-order valence-electron chi connectivity index (χ1n) is 3.09. The molecule has 1 aromatic rings. The number of hydrogen-bond acceptors (Lipinski definition) is 2. The van der Waals surface area contributed by atoms with Gasteiger partial charge in [-0.25, -0.2) is 0 Å². The summed E-state index contributed by atoms with van der Waals surface area (Å²) in [6.45, 7) is 1.29. The van der Waals surface area contributed by atoms with Crippen molar-refractivity contribution in [2.75, 3.05) is 5.73 Å². The molecule has 0 aromatic heterocycles. The third-order valence-electron chi connectivity index (χ3n) is 0.800. The van der Waals surface area contributed by atoms with Crippen molar-refractivity contribution in [3.8, 4) is 0 Å². The highest BCUT2D eigenvalue weighted by molar-refractivity contribution is 6.62. The van der Waals surface area contributed by atoms with Gasteiger partial charge in [0.25, 0.3) is 0 Å². The molecule has 11 heavy (non-hydrogen) atoms. The number of nitrogens with two attached hydrogens (primary N) is 1. The molecule has 0 atom stereocenters. The van der Waals surface area contributed by atoms with Crippen LogP contribution in [0.15, 0.2) is 30.3 Å². The maximum atomic E-state index is 9.21. The first-order valence-corrected chi connectivity index (χ1v) is 3.47. The number of rotatable bonds is 0. The molecule has 0 heterocycles. The van der Waals surface area contributed by atoms with Gasteiger partial charge in [-0.3, -0.25) is 4.79 Å². The van der Waals surface area contributed by atoms with E-state index in [9.17, 15) is 4.79 Å². The molecule has 0 unspecified atom stereocenters. The van der Waals surface area contributed by atoms with E-state index in [2.05, 4.69) is 11.6 Å². The molecule has 0 aliphatic rings. The second-order valence-electron chi connectivity index (χ2n) is 1.88. The summed E-state index contributed by atoms with van der Waals surface area (Å²) in [5, 5.41) is -0.361. The number of para-hydroxylation sites is 1. The molecule has 3 heteroatoms. The van der Waals surface area contributed by atoms with E-state index in [4.69, 9.17) is 5.73 Å². The van der Waals surface area contributed by atoms with Gasteiger partial charge in [-0.05, 0) is 23.7 Å². The minimum Gasteiger partial charge on any atom is -0.399 e. The van der Waals surface area contributed by atoms with E-state index in [1.165, 1.54) is 6.92 Å². The van der Waals surface area contributed by atoms with Crippen molar-refractivity contribution in [3.63, 3.8) is 0 Å².